The van der Waals surface area contributed by atoms with E-state index in [1.807, 2.05) is 37.3 Å². The molecule has 15 heavy (non-hydrogen) atoms. The predicted molar refractivity (Wildman–Crippen MR) is 60.9 cm³/mol. The van der Waals surface area contributed by atoms with Crippen LogP contribution in [0.25, 0.3) is 0 Å². The summed E-state index contributed by atoms with van der Waals surface area (Å²) in [5.41, 5.74) is 2.07. The SMILES string of the molecule is CCc1ccc(CC(=O)CN(C)C)nc1. The van der Waals surface area contributed by atoms with Crippen LogP contribution < -0.4 is 0 Å². The van der Waals surface area contributed by atoms with Gasteiger partial charge in [0.15, 0.2) is 5.78 Å². The number of hydrogen-bond donors (Lipinski definition) is 0. The van der Waals surface area contributed by atoms with Crippen molar-refractivity contribution in [1.82, 2.24) is 9.88 Å². The quantitative estimate of drug-likeness (QED) is 0.728. The molecule has 0 aromatic carbocycles. The molecule has 0 saturated carbocycles. The lowest BCUT2D eigenvalue weighted by Crippen LogP contribution is -2.23. The minimum atomic E-state index is 0.205. The van der Waals surface area contributed by atoms with Gasteiger partial charge in [-0.2, -0.15) is 0 Å². The summed E-state index contributed by atoms with van der Waals surface area (Å²) in [7, 11) is 3.79. The van der Waals surface area contributed by atoms with E-state index in [2.05, 4.69) is 11.9 Å². The number of carbonyl (C=O) groups excluding carboxylic acids is 1. The van der Waals surface area contributed by atoms with Crippen LogP contribution in [-0.4, -0.2) is 36.3 Å². The van der Waals surface area contributed by atoms with E-state index < -0.39 is 0 Å². The van der Waals surface area contributed by atoms with E-state index in [0.29, 0.717) is 13.0 Å². The van der Waals surface area contributed by atoms with Crippen molar-refractivity contribution in [2.24, 2.45) is 0 Å². The van der Waals surface area contributed by atoms with Crippen LogP contribution in [0, 0.1) is 0 Å². The summed E-state index contributed by atoms with van der Waals surface area (Å²) < 4.78 is 0. The molecule has 0 aliphatic rings. The van der Waals surface area contributed by atoms with Crippen LogP contribution in [0.2, 0.25) is 0 Å². The fourth-order valence-electron chi connectivity index (χ4n) is 1.38. The molecule has 0 unspecified atom stereocenters. The number of Topliss-reactive ketones (excluding diaryl/α,β-unsaturated/α-hetero) is 1. The van der Waals surface area contributed by atoms with Gasteiger partial charge in [-0.05, 0) is 32.1 Å². The van der Waals surface area contributed by atoms with Crippen molar-refractivity contribution in [2.45, 2.75) is 19.8 Å². The van der Waals surface area contributed by atoms with Crippen LogP contribution in [-0.2, 0) is 17.6 Å². The fourth-order valence-corrected chi connectivity index (χ4v) is 1.38. The molecule has 0 spiro atoms. The second-order valence-corrected chi connectivity index (χ2v) is 3.96. The number of aryl methyl sites for hydroxylation is 1. The summed E-state index contributed by atoms with van der Waals surface area (Å²) in [4.78, 5) is 17.6. The Morgan fingerprint density at radius 2 is 2.13 bits per heavy atom. The number of aromatic nitrogens is 1. The normalized spacial score (nSPS) is 10.7. The number of rotatable bonds is 5. The Balaban J connectivity index is 2.53. The van der Waals surface area contributed by atoms with Gasteiger partial charge in [0, 0.05) is 11.9 Å². The van der Waals surface area contributed by atoms with Crippen LogP contribution >= 0.6 is 0 Å². The molecule has 0 atom stereocenters. The number of pyridine rings is 1. The lowest BCUT2D eigenvalue weighted by molar-refractivity contribution is -0.119. The third-order valence-electron chi connectivity index (χ3n) is 2.17. The number of carbonyl (C=O) groups is 1. The maximum absolute atomic E-state index is 11.5. The predicted octanol–water partition coefficient (Wildman–Crippen LogP) is 1.32. The first kappa shape index (κ1) is 11.9. The van der Waals surface area contributed by atoms with Gasteiger partial charge in [-0.15, -0.1) is 0 Å². The molecule has 1 rings (SSSR count). The monoisotopic (exact) mass is 206 g/mol. The number of nitrogens with zero attached hydrogens (tertiary/aromatic N) is 2. The van der Waals surface area contributed by atoms with Crippen molar-refractivity contribution in [1.29, 1.82) is 0 Å². The zero-order valence-corrected chi connectivity index (χ0v) is 9.66. The van der Waals surface area contributed by atoms with Gasteiger partial charge in [-0.1, -0.05) is 13.0 Å². The van der Waals surface area contributed by atoms with E-state index >= 15 is 0 Å². The van der Waals surface area contributed by atoms with E-state index in [4.69, 9.17) is 0 Å². The molecule has 1 aromatic rings. The lowest BCUT2D eigenvalue weighted by Gasteiger charge is -2.07. The molecule has 0 amide bonds. The van der Waals surface area contributed by atoms with Gasteiger partial charge in [0.05, 0.1) is 13.0 Å². The largest absolute Gasteiger partial charge is 0.302 e. The summed E-state index contributed by atoms with van der Waals surface area (Å²) in [6.45, 7) is 2.57. The van der Waals surface area contributed by atoms with Gasteiger partial charge < -0.3 is 4.90 Å². The summed E-state index contributed by atoms with van der Waals surface area (Å²) in [5, 5.41) is 0. The van der Waals surface area contributed by atoms with Crippen LogP contribution in [0.4, 0.5) is 0 Å². The van der Waals surface area contributed by atoms with Crippen LogP contribution in [0.15, 0.2) is 18.3 Å². The van der Waals surface area contributed by atoms with Crippen LogP contribution in [0.5, 0.6) is 0 Å². The van der Waals surface area contributed by atoms with Crippen LogP contribution in [0.3, 0.4) is 0 Å². The fraction of sp³-hybridized carbons (Fsp3) is 0.500. The van der Waals surface area contributed by atoms with Gasteiger partial charge in [0.2, 0.25) is 0 Å². The molecular weight excluding hydrogens is 188 g/mol. The highest BCUT2D eigenvalue weighted by Crippen LogP contribution is 2.02. The van der Waals surface area contributed by atoms with Gasteiger partial charge >= 0.3 is 0 Å². The lowest BCUT2D eigenvalue weighted by atomic mass is 10.1. The topological polar surface area (TPSA) is 33.2 Å². The number of likely N-dealkylation sites (N-methyl/N-ethyl adjacent to an activating group) is 1. The maximum Gasteiger partial charge on any atom is 0.152 e. The van der Waals surface area contributed by atoms with Crippen molar-refractivity contribution in [3.63, 3.8) is 0 Å². The summed E-state index contributed by atoms with van der Waals surface area (Å²) in [6, 6.07) is 3.97. The summed E-state index contributed by atoms with van der Waals surface area (Å²) in [6.07, 6.45) is 3.26. The van der Waals surface area contributed by atoms with E-state index in [1.165, 1.54) is 5.56 Å². The van der Waals surface area contributed by atoms with E-state index in [1.54, 1.807) is 0 Å². The third-order valence-corrected chi connectivity index (χ3v) is 2.17. The van der Waals surface area contributed by atoms with Gasteiger partial charge in [-0.25, -0.2) is 0 Å². The molecule has 3 nitrogen and oxygen atoms in total. The van der Waals surface area contributed by atoms with Crippen molar-refractivity contribution in [3.8, 4) is 0 Å². The van der Waals surface area contributed by atoms with Crippen molar-refractivity contribution in [2.75, 3.05) is 20.6 Å². The molecule has 1 aromatic heterocycles. The molecule has 0 radical (unpaired) electrons. The Morgan fingerprint density at radius 3 is 2.60 bits per heavy atom. The Labute approximate surface area is 91.1 Å². The molecule has 0 N–H and O–H groups in total. The first-order valence-corrected chi connectivity index (χ1v) is 5.22. The molecule has 0 fully saturated rings. The van der Waals surface area contributed by atoms with Gasteiger partial charge in [0.1, 0.15) is 0 Å². The summed E-state index contributed by atoms with van der Waals surface area (Å²) >= 11 is 0. The standard InChI is InChI=1S/C12H18N2O/c1-4-10-5-6-11(13-8-10)7-12(15)9-14(2)3/h5-6,8H,4,7,9H2,1-3H3. The van der Waals surface area contributed by atoms with Crippen molar-refractivity contribution >= 4 is 5.78 Å². The zero-order chi connectivity index (χ0) is 11.3. The highest BCUT2D eigenvalue weighted by molar-refractivity contribution is 5.82. The summed E-state index contributed by atoms with van der Waals surface area (Å²) in [5.74, 6) is 0.205. The molecule has 0 aliphatic heterocycles. The van der Waals surface area contributed by atoms with E-state index in [0.717, 1.165) is 12.1 Å². The van der Waals surface area contributed by atoms with Crippen molar-refractivity contribution in [3.05, 3.63) is 29.6 Å². The molecule has 0 bridgehead atoms. The Hall–Kier alpha value is -1.22. The van der Waals surface area contributed by atoms with E-state index in [9.17, 15) is 4.79 Å². The highest BCUT2D eigenvalue weighted by Gasteiger charge is 2.05. The average molecular weight is 206 g/mol. The third kappa shape index (κ3) is 4.21. The molecule has 3 heteroatoms. The second kappa shape index (κ2) is 5.61. The molecule has 0 aliphatic carbocycles. The molecular formula is C12H18N2O. The van der Waals surface area contributed by atoms with Crippen molar-refractivity contribution < 1.29 is 4.79 Å². The molecule has 1 heterocycles. The number of ketones is 1. The maximum atomic E-state index is 11.5. The minimum Gasteiger partial charge on any atom is -0.302 e. The Kier molecular flexibility index (Phi) is 4.43. The number of hydrogen-bond acceptors (Lipinski definition) is 3. The Bertz CT molecular complexity index is 317. The molecule has 0 saturated heterocycles. The molecule has 82 valence electrons. The first-order valence-electron chi connectivity index (χ1n) is 5.22. The smallest absolute Gasteiger partial charge is 0.152 e. The minimum absolute atomic E-state index is 0.205. The van der Waals surface area contributed by atoms with Gasteiger partial charge in [0.25, 0.3) is 0 Å². The second-order valence-electron chi connectivity index (χ2n) is 3.96. The zero-order valence-electron chi connectivity index (χ0n) is 9.66. The Morgan fingerprint density at radius 1 is 1.40 bits per heavy atom. The van der Waals surface area contributed by atoms with E-state index in [-0.39, 0.29) is 5.78 Å². The van der Waals surface area contributed by atoms with Gasteiger partial charge in [-0.3, -0.25) is 9.78 Å². The van der Waals surface area contributed by atoms with Crippen LogP contribution in [0.1, 0.15) is 18.2 Å². The first-order chi connectivity index (χ1) is 7.11. The highest BCUT2D eigenvalue weighted by atomic mass is 16.1. The average Bonchev–Trinajstić information content (AvgIpc) is 2.17.